The summed E-state index contributed by atoms with van der Waals surface area (Å²) in [7, 11) is 0. The number of aromatic nitrogens is 4. The molecule has 0 aliphatic carbocycles. The van der Waals surface area contributed by atoms with E-state index in [0.29, 0.717) is 15.2 Å². The molecule has 2 heterocycles. The summed E-state index contributed by atoms with van der Waals surface area (Å²) >= 11 is 14.8. The van der Waals surface area contributed by atoms with Crippen molar-refractivity contribution in [2.75, 3.05) is 5.32 Å². The van der Waals surface area contributed by atoms with Crippen molar-refractivity contribution in [3.8, 4) is 0 Å². The molecule has 38 heavy (non-hydrogen) atoms. The van der Waals surface area contributed by atoms with Gasteiger partial charge in [-0.1, -0.05) is 65.7 Å². The molecule has 198 valence electrons. The van der Waals surface area contributed by atoms with E-state index in [1.807, 2.05) is 38.1 Å². The molecule has 11 heteroatoms. The second-order valence-electron chi connectivity index (χ2n) is 8.98. The quantitative estimate of drug-likeness (QED) is 0.181. The van der Waals surface area contributed by atoms with E-state index in [-0.39, 0.29) is 29.9 Å². The molecule has 0 radical (unpaired) electrons. The number of benzene rings is 2. The Kier molecular flexibility index (Phi) is 9.96. The summed E-state index contributed by atoms with van der Waals surface area (Å²) < 4.78 is 0. The molecule has 1 N–H and O–H groups in total. The third kappa shape index (κ3) is 7.89. The topological polar surface area (TPSA) is 97.7 Å². The highest BCUT2D eigenvalue weighted by Gasteiger charge is 2.19. The third-order valence-electron chi connectivity index (χ3n) is 6.18. The van der Waals surface area contributed by atoms with Gasteiger partial charge in [-0.05, 0) is 55.2 Å². The van der Waals surface area contributed by atoms with Crippen molar-refractivity contribution in [2.45, 2.75) is 57.8 Å². The van der Waals surface area contributed by atoms with Crippen LogP contribution >= 0.6 is 45.9 Å². The van der Waals surface area contributed by atoms with Gasteiger partial charge in [-0.2, -0.15) is 0 Å². The van der Waals surface area contributed by atoms with Crippen molar-refractivity contribution in [2.24, 2.45) is 0 Å². The fourth-order valence-electron chi connectivity index (χ4n) is 3.77. The minimum atomic E-state index is -0.327. The van der Waals surface area contributed by atoms with Crippen LogP contribution in [0.3, 0.4) is 0 Å². The molecular weight excluding hydrogens is 561 g/mol. The number of halogens is 2. The van der Waals surface area contributed by atoms with Crippen molar-refractivity contribution >= 4 is 62.7 Å². The predicted molar refractivity (Wildman–Crippen MR) is 154 cm³/mol. The Balaban J connectivity index is 1.18. The van der Waals surface area contributed by atoms with Crippen LogP contribution in [-0.2, 0) is 28.9 Å². The van der Waals surface area contributed by atoms with Crippen molar-refractivity contribution < 1.29 is 9.59 Å². The van der Waals surface area contributed by atoms with E-state index in [1.165, 1.54) is 22.7 Å². The molecule has 0 bridgehead atoms. The highest BCUT2D eigenvalue weighted by atomic mass is 35.5. The maximum atomic E-state index is 12.7. The van der Waals surface area contributed by atoms with E-state index in [4.69, 9.17) is 23.2 Å². The van der Waals surface area contributed by atoms with Crippen LogP contribution in [0.15, 0.2) is 48.5 Å². The average molecular weight is 589 g/mol. The fourth-order valence-corrected chi connectivity index (χ4v) is 5.71. The molecule has 0 saturated heterocycles. The molecule has 4 rings (SSSR count). The van der Waals surface area contributed by atoms with Crippen LogP contribution in [0.4, 0.5) is 5.13 Å². The largest absolute Gasteiger partial charge is 0.300 e. The Labute approximate surface area is 239 Å². The van der Waals surface area contributed by atoms with Crippen molar-refractivity contribution in [1.82, 2.24) is 20.4 Å². The third-order valence-corrected chi connectivity index (χ3v) is 8.56. The van der Waals surface area contributed by atoms with Gasteiger partial charge in [0, 0.05) is 28.8 Å². The molecule has 0 aliphatic heterocycles. The summed E-state index contributed by atoms with van der Waals surface area (Å²) in [6.45, 7) is 3.74. The first-order valence-corrected chi connectivity index (χ1v) is 14.7. The zero-order valence-electron chi connectivity index (χ0n) is 21.0. The summed E-state index contributed by atoms with van der Waals surface area (Å²) in [4.78, 5) is 25.2. The minimum Gasteiger partial charge on any atom is -0.300 e. The SMILES string of the molecule is CC(C(=O)Cc1nnc(CCCCc2nnc(NC(=O)C(C)c3ccc(Cl)cc3)s2)s1)c1ccc(Cl)cc1. The number of aryl methyl sites for hydroxylation is 2. The number of amides is 1. The molecule has 0 spiro atoms. The van der Waals surface area contributed by atoms with E-state index in [1.54, 1.807) is 24.3 Å². The lowest BCUT2D eigenvalue weighted by molar-refractivity contribution is -0.119. The first-order valence-electron chi connectivity index (χ1n) is 12.3. The summed E-state index contributed by atoms with van der Waals surface area (Å²) in [5.74, 6) is -0.575. The minimum absolute atomic E-state index is 0.108. The van der Waals surface area contributed by atoms with E-state index in [2.05, 4.69) is 25.7 Å². The van der Waals surface area contributed by atoms with Crippen LogP contribution in [0.25, 0.3) is 0 Å². The number of Topliss-reactive ketones (excluding diaryl/α,β-unsaturated/α-hetero) is 1. The number of hydrogen-bond acceptors (Lipinski definition) is 8. The summed E-state index contributed by atoms with van der Waals surface area (Å²) in [5.41, 5.74) is 1.83. The number of carbonyl (C=O) groups is 2. The smallest absolute Gasteiger partial charge is 0.233 e. The van der Waals surface area contributed by atoms with Crippen molar-refractivity contribution in [3.05, 3.63) is 84.7 Å². The first kappa shape index (κ1) is 28.3. The molecule has 0 saturated carbocycles. The molecule has 0 fully saturated rings. The van der Waals surface area contributed by atoms with E-state index in [9.17, 15) is 9.59 Å². The van der Waals surface area contributed by atoms with E-state index >= 15 is 0 Å². The van der Waals surface area contributed by atoms with Gasteiger partial charge in [0.15, 0.2) is 0 Å². The highest BCUT2D eigenvalue weighted by molar-refractivity contribution is 7.15. The van der Waals surface area contributed by atoms with Crippen LogP contribution in [0.5, 0.6) is 0 Å². The van der Waals surface area contributed by atoms with Crippen LogP contribution < -0.4 is 5.32 Å². The van der Waals surface area contributed by atoms with Gasteiger partial charge in [-0.25, -0.2) is 0 Å². The maximum Gasteiger partial charge on any atom is 0.233 e. The number of unbranched alkanes of at least 4 members (excludes halogenated alkanes) is 1. The standard InChI is InChI=1S/C27H27Cl2N5O2S2/c1-16(18-7-11-20(28)12-8-18)22(35)15-25-33-31-23(37-25)5-3-4-6-24-32-34-27(38-24)30-26(36)17(2)19-9-13-21(29)14-10-19/h7-14,16-17H,3-6,15H2,1-2H3,(H,30,34,36). The summed E-state index contributed by atoms with van der Waals surface area (Å²) in [6, 6.07) is 14.6. The Bertz CT molecular complexity index is 1270. The van der Waals surface area contributed by atoms with Crippen LogP contribution in [-0.4, -0.2) is 32.1 Å². The lowest BCUT2D eigenvalue weighted by Crippen LogP contribution is -2.18. The normalized spacial score (nSPS) is 12.7. The Morgan fingerprint density at radius 1 is 0.737 bits per heavy atom. The number of hydrogen-bond donors (Lipinski definition) is 1. The lowest BCUT2D eigenvalue weighted by Gasteiger charge is -2.10. The van der Waals surface area contributed by atoms with E-state index in [0.717, 1.165) is 51.8 Å². The lowest BCUT2D eigenvalue weighted by atomic mass is 9.95. The number of anilines is 1. The Hall–Kier alpha value is -2.72. The second-order valence-corrected chi connectivity index (χ2v) is 12.1. The van der Waals surface area contributed by atoms with Crippen LogP contribution in [0.1, 0.15) is 64.7 Å². The maximum absolute atomic E-state index is 12.7. The van der Waals surface area contributed by atoms with Crippen LogP contribution in [0.2, 0.25) is 10.0 Å². The average Bonchev–Trinajstić information content (AvgIpc) is 3.55. The number of rotatable bonds is 12. The van der Waals surface area contributed by atoms with E-state index < -0.39 is 0 Å². The summed E-state index contributed by atoms with van der Waals surface area (Å²) in [5, 5.41) is 24.0. The molecule has 2 unspecified atom stereocenters. The Morgan fingerprint density at radius 3 is 1.84 bits per heavy atom. The second kappa shape index (κ2) is 13.4. The molecule has 1 amide bonds. The molecule has 2 aromatic carbocycles. The number of carbonyl (C=O) groups excluding carboxylic acids is 2. The van der Waals surface area contributed by atoms with Gasteiger partial charge < -0.3 is 5.32 Å². The number of nitrogens with zero attached hydrogens (tertiary/aromatic N) is 4. The molecule has 7 nitrogen and oxygen atoms in total. The van der Waals surface area contributed by atoms with Gasteiger partial charge >= 0.3 is 0 Å². The monoisotopic (exact) mass is 587 g/mol. The number of nitrogens with one attached hydrogen (secondary N) is 1. The van der Waals surface area contributed by atoms with Gasteiger partial charge in [0.05, 0.1) is 12.3 Å². The number of ketones is 1. The molecular formula is C27H27Cl2N5O2S2. The highest BCUT2D eigenvalue weighted by Crippen LogP contribution is 2.24. The van der Waals surface area contributed by atoms with Crippen molar-refractivity contribution in [3.63, 3.8) is 0 Å². The van der Waals surface area contributed by atoms with Crippen molar-refractivity contribution in [1.29, 1.82) is 0 Å². The Morgan fingerprint density at radius 2 is 1.24 bits per heavy atom. The predicted octanol–water partition coefficient (Wildman–Crippen LogP) is 6.92. The zero-order valence-corrected chi connectivity index (χ0v) is 24.1. The van der Waals surface area contributed by atoms with Gasteiger partial charge in [-0.3, -0.25) is 9.59 Å². The van der Waals surface area contributed by atoms with Gasteiger partial charge in [-0.15, -0.1) is 31.7 Å². The molecule has 2 atom stereocenters. The molecule has 2 aromatic heterocycles. The van der Waals surface area contributed by atoms with Gasteiger partial charge in [0.2, 0.25) is 11.0 Å². The first-order chi connectivity index (χ1) is 18.3. The van der Waals surface area contributed by atoms with Crippen LogP contribution in [0, 0.1) is 0 Å². The van der Waals surface area contributed by atoms with Gasteiger partial charge in [0.25, 0.3) is 0 Å². The summed E-state index contributed by atoms with van der Waals surface area (Å²) in [6.07, 6.45) is 3.66. The van der Waals surface area contributed by atoms with Gasteiger partial charge in [0.1, 0.15) is 20.8 Å². The zero-order chi connectivity index (χ0) is 27.1. The molecule has 0 aliphatic rings. The molecule has 4 aromatic rings. The fraction of sp³-hybridized carbons (Fsp3) is 0.333.